The number of ether oxygens (including phenoxy) is 1. The predicted octanol–water partition coefficient (Wildman–Crippen LogP) is 0.730. The van der Waals surface area contributed by atoms with Crippen molar-refractivity contribution in [2.45, 2.75) is 44.1 Å². The molecule has 1 rings (SSSR count). The molecular weight excluding hydrogens is 258 g/mol. The third-order valence-electron chi connectivity index (χ3n) is 3.23. The van der Waals surface area contributed by atoms with E-state index in [4.69, 9.17) is 4.74 Å². The number of carbonyl (C=O) groups is 1. The minimum atomic E-state index is -3.57. The van der Waals surface area contributed by atoms with Crippen LogP contribution in [0.2, 0.25) is 0 Å². The first-order chi connectivity index (χ1) is 8.42. The van der Waals surface area contributed by atoms with E-state index in [1.165, 1.54) is 7.11 Å². The zero-order valence-corrected chi connectivity index (χ0v) is 11.5. The van der Waals surface area contributed by atoms with E-state index < -0.39 is 21.5 Å². The summed E-state index contributed by atoms with van der Waals surface area (Å²) < 4.78 is 30.9. The normalized spacial score (nSPS) is 19.6. The van der Waals surface area contributed by atoms with Crippen molar-refractivity contribution >= 4 is 16.0 Å². The highest BCUT2D eigenvalue weighted by atomic mass is 32.2. The van der Waals surface area contributed by atoms with E-state index in [9.17, 15) is 18.3 Å². The maximum Gasteiger partial charge on any atom is 0.324 e. The Kier molecular flexibility index (Phi) is 5.55. The molecule has 2 N–H and O–H groups in total. The summed E-state index contributed by atoms with van der Waals surface area (Å²) in [7, 11) is -2.07. The molecule has 0 heterocycles. The molecule has 1 fully saturated rings. The van der Waals surface area contributed by atoms with E-state index in [1.807, 2.05) is 0 Å². The van der Waals surface area contributed by atoms with Gasteiger partial charge in [-0.1, -0.05) is 19.3 Å². The van der Waals surface area contributed by atoms with Crippen LogP contribution in [-0.2, 0) is 19.6 Å². The van der Waals surface area contributed by atoms with Crippen LogP contribution in [0.4, 0.5) is 0 Å². The number of carboxylic acids is 1. The summed E-state index contributed by atoms with van der Waals surface area (Å²) in [6, 6.07) is 0. The van der Waals surface area contributed by atoms with E-state index in [0.29, 0.717) is 25.9 Å². The summed E-state index contributed by atoms with van der Waals surface area (Å²) in [5.41, 5.74) is -1.30. The molecule has 0 radical (unpaired) electrons. The molecule has 0 aromatic carbocycles. The number of hydrogen-bond acceptors (Lipinski definition) is 4. The van der Waals surface area contributed by atoms with E-state index in [2.05, 4.69) is 4.72 Å². The molecule has 1 saturated carbocycles. The SMILES string of the molecule is COCCCS(=O)(=O)NC1(C(=O)O)CCCCC1. The smallest absolute Gasteiger partial charge is 0.324 e. The van der Waals surface area contributed by atoms with Crippen LogP contribution >= 0.6 is 0 Å². The van der Waals surface area contributed by atoms with Crippen molar-refractivity contribution in [2.24, 2.45) is 0 Å². The van der Waals surface area contributed by atoms with E-state index in [-0.39, 0.29) is 5.75 Å². The number of hydrogen-bond donors (Lipinski definition) is 2. The monoisotopic (exact) mass is 279 g/mol. The van der Waals surface area contributed by atoms with Gasteiger partial charge in [0.1, 0.15) is 5.54 Å². The Morgan fingerprint density at radius 1 is 1.33 bits per heavy atom. The van der Waals surface area contributed by atoms with Gasteiger partial charge in [0.25, 0.3) is 0 Å². The third kappa shape index (κ3) is 4.22. The lowest BCUT2D eigenvalue weighted by Gasteiger charge is -2.33. The van der Waals surface area contributed by atoms with Gasteiger partial charge in [-0.25, -0.2) is 8.42 Å². The Morgan fingerprint density at radius 2 is 1.94 bits per heavy atom. The Bertz CT molecular complexity index is 373. The highest BCUT2D eigenvalue weighted by molar-refractivity contribution is 7.89. The molecule has 6 nitrogen and oxygen atoms in total. The van der Waals surface area contributed by atoms with Crippen molar-refractivity contribution in [3.8, 4) is 0 Å². The van der Waals surface area contributed by atoms with Gasteiger partial charge in [-0.15, -0.1) is 0 Å². The highest BCUT2D eigenvalue weighted by Crippen LogP contribution is 2.29. The standard InChI is InChI=1S/C11H21NO5S/c1-17-8-5-9-18(15,16)12-11(10(13)14)6-3-2-4-7-11/h12H,2-9H2,1H3,(H,13,14). The number of aliphatic carboxylic acids is 1. The Morgan fingerprint density at radius 3 is 2.44 bits per heavy atom. The minimum Gasteiger partial charge on any atom is -0.480 e. The van der Waals surface area contributed by atoms with Crippen LogP contribution in [0.1, 0.15) is 38.5 Å². The largest absolute Gasteiger partial charge is 0.480 e. The fraction of sp³-hybridized carbons (Fsp3) is 0.909. The molecule has 1 aliphatic carbocycles. The van der Waals surface area contributed by atoms with E-state index >= 15 is 0 Å². The number of sulfonamides is 1. The topological polar surface area (TPSA) is 92.7 Å². The molecule has 0 saturated heterocycles. The first-order valence-electron chi connectivity index (χ1n) is 6.16. The summed E-state index contributed by atoms with van der Waals surface area (Å²) in [6.07, 6.45) is 3.54. The van der Waals surface area contributed by atoms with Crippen molar-refractivity contribution < 1.29 is 23.1 Å². The molecule has 0 bridgehead atoms. The summed E-state index contributed by atoms with van der Waals surface area (Å²) >= 11 is 0. The molecule has 106 valence electrons. The fourth-order valence-corrected chi connectivity index (χ4v) is 3.74. The van der Waals surface area contributed by atoms with E-state index in [0.717, 1.165) is 19.3 Å². The van der Waals surface area contributed by atoms with Crippen molar-refractivity contribution in [3.63, 3.8) is 0 Å². The molecule has 7 heteroatoms. The first kappa shape index (κ1) is 15.4. The van der Waals surface area contributed by atoms with Gasteiger partial charge in [0.15, 0.2) is 0 Å². The minimum absolute atomic E-state index is 0.101. The Labute approximate surface area is 108 Å². The number of nitrogens with one attached hydrogen (secondary N) is 1. The summed E-state index contributed by atoms with van der Waals surface area (Å²) in [4.78, 5) is 11.3. The molecular formula is C11H21NO5S. The first-order valence-corrected chi connectivity index (χ1v) is 7.81. The quantitative estimate of drug-likeness (QED) is 0.670. The Hall–Kier alpha value is -0.660. The highest BCUT2D eigenvalue weighted by Gasteiger charge is 2.42. The zero-order valence-electron chi connectivity index (χ0n) is 10.6. The van der Waals surface area contributed by atoms with Crippen molar-refractivity contribution in [2.75, 3.05) is 19.5 Å². The van der Waals surface area contributed by atoms with Crippen molar-refractivity contribution in [1.82, 2.24) is 4.72 Å². The summed E-state index contributed by atoms with van der Waals surface area (Å²) in [6.45, 7) is 0.348. The number of carboxylic acid groups (broad SMARTS) is 1. The lowest BCUT2D eigenvalue weighted by Crippen LogP contribution is -2.56. The number of rotatable bonds is 7. The van der Waals surface area contributed by atoms with Crippen LogP contribution in [0.5, 0.6) is 0 Å². The summed E-state index contributed by atoms with van der Waals surface area (Å²) in [5.74, 6) is -1.17. The molecule has 0 aromatic rings. The molecule has 1 aliphatic rings. The lowest BCUT2D eigenvalue weighted by molar-refractivity contribution is -0.145. The number of methoxy groups -OCH3 is 1. The van der Waals surface area contributed by atoms with Crippen LogP contribution in [0.3, 0.4) is 0 Å². The fourth-order valence-electron chi connectivity index (χ4n) is 2.26. The average molecular weight is 279 g/mol. The maximum atomic E-state index is 11.9. The molecule has 0 amide bonds. The predicted molar refractivity (Wildman–Crippen MR) is 66.9 cm³/mol. The lowest BCUT2D eigenvalue weighted by atomic mass is 9.83. The van der Waals surface area contributed by atoms with Crippen LogP contribution in [0.15, 0.2) is 0 Å². The second-order valence-electron chi connectivity index (χ2n) is 4.72. The van der Waals surface area contributed by atoms with Crippen LogP contribution in [-0.4, -0.2) is 44.5 Å². The molecule has 0 atom stereocenters. The van der Waals surface area contributed by atoms with Gasteiger partial charge in [-0.2, -0.15) is 4.72 Å². The zero-order chi connectivity index (χ0) is 13.6. The van der Waals surface area contributed by atoms with Gasteiger partial charge in [0.2, 0.25) is 10.0 Å². The van der Waals surface area contributed by atoms with Gasteiger partial charge in [-0.05, 0) is 19.3 Å². The van der Waals surface area contributed by atoms with Gasteiger partial charge in [0, 0.05) is 13.7 Å². The maximum absolute atomic E-state index is 11.9. The third-order valence-corrected chi connectivity index (χ3v) is 4.76. The van der Waals surface area contributed by atoms with E-state index in [1.54, 1.807) is 0 Å². The van der Waals surface area contributed by atoms with Crippen molar-refractivity contribution in [1.29, 1.82) is 0 Å². The second kappa shape index (κ2) is 6.49. The molecule has 0 aromatic heterocycles. The molecule has 18 heavy (non-hydrogen) atoms. The van der Waals surface area contributed by atoms with Gasteiger partial charge < -0.3 is 9.84 Å². The second-order valence-corrected chi connectivity index (χ2v) is 6.56. The summed E-state index contributed by atoms with van der Waals surface area (Å²) in [5, 5.41) is 9.27. The average Bonchev–Trinajstić information content (AvgIpc) is 2.29. The van der Waals surface area contributed by atoms with Crippen LogP contribution in [0, 0.1) is 0 Å². The van der Waals surface area contributed by atoms with Crippen LogP contribution in [0.25, 0.3) is 0 Å². The van der Waals surface area contributed by atoms with Crippen molar-refractivity contribution in [3.05, 3.63) is 0 Å². The molecule has 0 unspecified atom stereocenters. The van der Waals surface area contributed by atoms with Gasteiger partial charge in [0.05, 0.1) is 5.75 Å². The Balaban J connectivity index is 2.68. The van der Waals surface area contributed by atoms with Gasteiger partial charge >= 0.3 is 5.97 Å². The molecule has 0 aliphatic heterocycles. The molecule has 0 spiro atoms. The van der Waals surface area contributed by atoms with Gasteiger partial charge in [-0.3, -0.25) is 4.79 Å². The van der Waals surface area contributed by atoms with Crippen LogP contribution < -0.4 is 4.72 Å².